The van der Waals surface area contributed by atoms with Crippen LogP contribution in [0.1, 0.15) is 41.4 Å². The maximum atomic E-state index is 11.0. The van der Waals surface area contributed by atoms with Crippen LogP contribution in [0.5, 0.6) is 5.75 Å². The van der Waals surface area contributed by atoms with Crippen LogP contribution in [-0.4, -0.2) is 44.2 Å². The summed E-state index contributed by atoms with van der Waals surface area (Å²) in [6.07, 6.45) is 0. The van der Waals surface area contributed by atoms with Gasteiger partial charge in [-0.2, -0.15) is 0 Å². The predicted molar refractivity (Wildman–Crippen MR) is 62.5 cm³/mol. The van der Waals surface area contributed by atoms with Gasteiger partial charge in [0, 0.05) is 0 Å². The summed E-state index contributed by atoms with van der Waals surface area (Å²) in [5, 5.41) is 36.0. The fourth-order valence-electron chi connectivity index (χ4n) is 1.46. The van der Waals surface area contributed by atoms with Crippen molar-refractivity contribution >= 4 is 23.8 Å². The van der Waals surface area contributed by atoms with Crippen LogP contribution >= 0.6 is 0 Å². The molecule has 0 fully saturated rings. The Morgan fingerprint density at radius 2 is 1.25 bits per heavy atom. The summed E-state index contributed by atoms with van der Waals surface area (Å²) in [6.45, 7) is 0. The molecule has 0 aliphatic rings. The molecule has 0 aliphatic heterocycles. The highest BCUT2D eigenvalue weighted by Gasteiger charge is 2.30. The number of carbonyl (C=O) groups is 4. The number of hydrogen-bond donors (Lipinski definition) is 6. The molecule has 1 rings (SSSR count). The van der Waals surface area contributed by atoms with Crippen molar-refractivity contribution in [3.8, 4) is 5.75 Å². The van der Waals surface area contributed by atoms with Gasteiger partial charge in [-0.3, -0.25) is 4.79 Å². The number of amides is 1. The Kier molecular flexibility index (Phi) is 4.78. The smallest absolute Gasteiger partial charge is 0.340 e. The lowest BCUT2D eigenvalue weighted by atomic mass is 9.96. The highest BCUT2D eigenvalue weighted by molar-refractivity contribution is 6.13. The van der Waals surface area contributed by atoms with Gasteiger partial charge in [0.25, 0.3) is 0 Å². The topological polar surface area (TPSA) is 210 Å². The molecule has 0 saturated carbocycles. The number of rotatable bonds is 4. The molecule has 108 valence electrons. The van der Waals surface area contributed by atoms with Crippen molar-refractivity contribution in [3.63, 3.8) is 0 Å². The van der Waals surface area contributed by atoms with E-state index in [-0.39, 0.29) is 6.15 Å². The molecule has 10 heteroatoms. The lowest BCUT2D eigenvalue weighted by Gasteiger charge is -2.10. The SMILES string of the molecule is N.NC(=O)c1cc(C(=O)O)c(C(=O)O)c(O)c1C(=O)O. The largest absolute Gasteiger partial charge is 0.506 e. The van der Waals surface area contributed by atoms with Gasteiger partial charge in [-0.25, -0.2) is 14.4 Å². The normalized spacial score (nSPS) is 9.40. The number of primary amides is 1. The fourth-order valence-corrected chi connectivity index (χ4v) is 1.46. The van der Waals surface area contributed by atoms with Crippen molar-refractivity contribution in [2.24, 2.45) is 5.73 Å². The van der Waals surface area contributed by atoms with Crippen LogP contribution in [0.15, 0.2) is 6.07 Å². The lowest BCUT2D eigenvalue weighted by Crippen LogP contribution is -2.20. The van der Waals surface area contributed by atoms with E-state index in [2.05, 4.69) is 0 Å². The van der Waals surface area contributed by atoms with Gasteiger partial charge in [-0.1, -0.05) is 0 Å². The minimum Gasteiger partial charge on any atom is -0.506 e. The number of aromatic carboxylic acids is 3. The molecule has 0 saturated heterocycles. The first-order valence-electron chi connectivity index (χ1n) is 4.58. The maximum Gasteiger partial charge on any atom is 0.340 e. The molecule has 0 aromatic heterocycles. The van der Waals surface area contributed by atoms with Crippen LogP contribution in [0.25, 0.3) is 0 Å². The molecule has 1 amide bonds. The molecule has 1 aromatic rings. The second kappa shape index (κ2) is 5.67. The van der Waals surface area contributed by atoms with Gasteiger partial charge in [-0.15, -0.1) is 0 Å². The van der Waals surface area contributed by atoms with E-state index in [0.717, 1.165) is 0 Å². The predicted octanol–water partition coefficient (Wildman–Crippen LogP) is -0.252. The summed E-state index contributed by atoms with van der Waals surface area (Å²) in [4.78, 5) is 43.7. The molecule has 0 atom stereocenters. The minimum absolute atomic E-state index is 0. The van der Waals surface area contributed by atoms with E-state index < -0.39 is 51.8 Å². The molecule has 10 nitrogen and oxygen atoms in total. The highest BCUT2D eigenvalue weighted by Crippen LogP contribution is 2.30. The second-order valence-corrected chi connectivity index (χ2v) is 3.35. The van der Waals surface area contributed by atoms with Gasteiger partial charge in [0.05, 0.1) is 11.1 Å². The van der Waals surface area contributed by atoms with Crippen LogP contribution in [0.3, 0.4) is 0 Å². The summed E-state index contributed by atoms with van der Waals surface area (Å²) in [5.74, 6) is -8.08. The zero-order valence-corrected chi connectivity index (χ0v) is 9.78. The van der Waals surface area contributed by atoms with Gasteiger partial charge in [-0.05, 0) is 6.07 Å². The average molecular weight is 286 g/mol. The standard InChI is InChI=1S/C10H7NO8.H3N/c11-7(13)2-1-3(8(14)15)5(10(18)19)6(12)4(2)9(16)17;/h1,12H,(H2,11,13)(H,14,15)(H,16,17)(H,18,19);1H3. The summed E-state index contributed by atoms with van der Waals surface area (Å²) in [6, 6.07) is 0.497. The molecule has 0 heterocycles. The molecule has 1 aromatic carbocycles. The van der Waals surface area contributed by atoms with Crippen molar-refractivity contribution in [1.29, 1.82) is 0 Å². The van der Waals surface area contributed by atoms with E-state index in [1.54, 1.807) is 0 Å². The Morgan fingerprint density at radius 3 is 1.55 bits per heavy atom. The van der Waals surface area contributed by atoms with Crippen LogP contribution in [0, 0.1) is 0 Å². The second-order valence-electron chi connectivity index (χ2n) is 3.35. The molecule has 9 N–H and O–H groups in total. The fraction of sp³-hybridized carbons (Fsp3) is 0. The molecule has 0 bridgehead atoms. The number of aromatic hydroxyl groups is 1. The lowest BCUT2D eigenvalue weighted by molar-refractivity contribution is 0.0643. The monoisotopic (exact) mass is 286 g/mol. The number of carbonyl (C=O) groups excluding carboxylic acids is 1. The molecule has 0 radical (unpaired) electrons. The van der Waals surface area contributed by atoms with Crippen molar-refractivity contribution in [2.45, 2.75) is 0 Å². The number of carboxylic acids is 3. The van der Waals surface area contributed by atoms with Crippen molar-refractivity contribution < 1.29 is 39.6 Å². The average Bonchev–Trinajstić information content (AvgIpc) is 2.25. The zero-order valence-electron chi connectivity index (χ0n) is 9.78. The molecular weight excluding hydrogens is 276 g/mol. The van der Waals surface area contributed by atoms with Crippen LogP contribution < -0.4 is 11.9 Å². The van der Waals surface area contributed by atoms with E-state index in [1.165, 1.54) is 0 Å². The third-order valence-corrected chi connectivity index (χ3v) is 2.22. The van der Waals surface area contributed by atoms with Crippen molar-refractivity contribution in [3.05, 3.63) is 28.3 Å². The van der Waals surface area contributed by atoms with Gasteiger partial charge in [0.1, 0.15) is 16.9 Å². The van der Waals surface area contributed by atoms with Crippen LogP contribution in [-0.2, 0) is 0 Å². The Bertz CT molecular complexity index is 572. The Hall–Kier alpha value is -3.14. The minimum atomic E-state index is -1.85. The first kappa shape index (κ1) is 16.9. The highest BCUT2D eigenvalue weighted by atomic mass is 16.4. The summed E-state index contributed by atoms with van der Waals surface area (Å²) < 4.78 is 0. The number of benzene rings is 1. The maximum absolute atomic E-state index is 11.0. The van der Waals surface area contributed by atoms with Crippen LogP contribution in [0.2, 0.25) is 0 Å². The molecule has 0 spiro atoms. The van der Waals surface area contributed by atoms with E-state index in [1.807, 2.05) is 0 Å². The van der Waals surface area contributed by atoms with Gasteiger partial charge in [0.15, 0.2) is 0 Å². The molecular formula is C10H10N2O8. The van der Waals surface area contributed by atoms with Gasteiger partial charge < -0.3 is 32.3 Å². The number of hydrogen-bond acceptors (Lipinski definition) is 6. The number of carboxylic acid groups (broad SMARTS) is 3. The van der Waals surface area contributed by atoms with E-state index in [0.29, 0.717) is 6.07 Å². The van der Waals surface area contributed by atoms with Gasteiger partial charge in [0.2, 0.25) is 5.91 Å². The third kappa shape index (κ3) is 2.64. The van der Waals surface area contributed by atoms with E-state index >= 15 is 0 Å². The Balaban J connectivity index is 0.00000361. The third-order valence-electron chi connectivity index (χ3n) is 2.22. The van der Waals surface area contributed by atoms with E-state index in [4.69, 9.17) is 21.1 Å². The summed E-state index contributed by atoms with van der Waals surface area (Å²) >= 11 is 0. The van der Waals surface area contributed by atoms with Crippen molar-refractivity contribution in [2.75, 3.05) is 0 Å². The number of phenols is 1. The first-order chi connectivity index (χ1) is 8.68. The summed E-state index contributed by atoms with van der Waals surface area (Å²) in [7, 11) is 0. The number of nitrogens with two attached hydrogens (primary N) is 1. The zero-order chi connectivity index (χ0) is 14.9. The first-order valence-corrected chi connectivity index (χ1v) is 4.58. The van der Waals surface area contributed by atoms with Crippen molar-refractivity contribution in [1.82, 2.24) is 6.15 Å². The quantitative estimate of drug-likeness (QED) is 0.429. The van der Waals surface area contributed by atoms with Crippen LogP contribution in [0.4, 0.5) is 0 Å². The summed E-state index contributed by atoms with van der Waals surface area (Å²) in [5.41, 5.74) is 0.933. The molecule has 20 heavy (non-hydrogen) atoms. The Morgan fingerprint density at radius 1 is 0.850 bits per heavy atom. The molecule has 0 unspecified atom stereocenters. The van der Waals surface area contributed by atoms with E-state index in [9.17, 15) is 24.3 Å². The molecule has 0 aliphatic carbocycles. The Labute approximate surface area is 110 Å². The van der Waals surface area contributed by atoms with Gasteiger partial charge >= 0.3 is 17.9 Å².